The van der Waals surface area contributed by atoms with E-state index >= 15 is 0 Å². The number of imide groups is 1. The first-order valence-electron chi connectivity index (χ1n) is 9.95. The second-order valence-corrected chi connectivity index (χ2v) is 10.7. The molecule has 0 spiro atoms. The zero-order valence-electron chi connectivity index (χ0n) is 17.0. The van der Waals surface area contributed by atoms with Crippen molar-refractivity contribution in [2.45, 2.75) is 11.8 Å². The molecule has 0 N–H and O–H groups in total. The van der Waals surface area contributed by atoms with E-state index in [2.05, 4.69) is 27.6 Å². The summed E-state index contributed by atoms with van der Waals surface area (Å²) in [5.74, 6) is -0.942. The lowest BCUT2D eigenvalue weighted by atomic mass is 10.0. The molecule has 1 fully saturated rings. The third kappa shape index (κ3) is 3.33. The highest BCUT2D eigenvalue weighted by atomic mass is 127. The van der Waals surface area contributed by atoms with E-state index in [-0.39, 0.29) is 29.1 Å². The maximum Gasteiger partial charge on any atom is 0.268 e. The Morgan fingerprint density at radius 1 is 0.969 bits per heavy atom. The van der Waals surface area contributed by atoms with Gasteiger partial charge in [-0.3, -0.25) is 14.6 Å². The molecule has 164 valence electrons. The fourth-order valence-corrected chi connectivity index (χ4v) is 5.88. The molecule has 3 heterocycles. The van der Waals surface area contributed by atoms with Crippen LogP contribution in [0.15, 0.2) is 47.4 Å². The summed E-state index contributed by atoms with van der Waals surface area (Å²) in [5.41, 5.74) is 1.76. The third-order valence-electron chi connectivity index (χ3n) is 5.66. The maximum atomic E-state index is 13.4. The molecule has 2 aliphatic heterocycles. The lowest BCUT2D eigenvalue weighted by Gasteiger charge is -2.26. The van der Waals surface area contributed by atoms with Gasteiger partial charge in [0.2, 0.25) is 10.0 Å². The van der Waals surface area contributed by atoms with Crippen LogP contribution in [0.4, 0.5) is 5.69 Å². The molecule has 10 heteroatoms. The number of hydrogen-bond donors (Lipinski definition) is 0. The van der Waals surface area contributed by atoms with Gasteiger partial charge < -0.3 is 4.74 Å². The Labute approximate surface area is 198 Å². The number of aryl methyl sites for hydroxylation is 1. The minimum Gasteiger partial charge on any atom is -0.379 e. The number of morpholine rings is 1. The van der Waals surface area contributed by atoms with Crippen molar-refractivity contribution in [1.29, 1.82) is 0 Å². The fourth-order valence-electron chi connectivity index (χ4n) is 4.09. The van der Waals surface area contributed by atoms with Gasteiger partial charge in [0, 0.05) is 22.0 Å². The fraction of sp³-hybridized carbons (Fsp3) is 0.227. The molecule has 0 radical (unpaired) electrons. The first-order valence-corrected chi connectivity index (χ1v) is 12.5. The van der Waals surface area contributed by atoms with Crippen molar-refractivity contribution in [3.63, 3.8) is 0 Å². The molecule has 0 aliphatic carbocycles. The molecule has 1 saturated heterocycles. The average molecular weight is 563 g/mol. The van der Waals surface area contributed by atoms with Crippen LogP contribution in [0.25, 0.3) is 10.9 Å². The molecule has 8 nitrogen and oxygen atoms in total. The molecule has 2 aromatic carbocycles. The van der Waals surface area contributed by atoms with Crippen LogP contribution in [0.2, 0.25) is 0 Å². The number of halogens is 1. The lowest BCUT2D eigenvalue weighted by Crippen LogP contribution is -2.40. The Bertz CT molecular complexity index is 1380. The molecule has 0 bridgehead atoms. The number of fused-ring (bicyclic) bond motifs is 3. The predicted octanol–water partition coefficient (Wildman–Crippen LogP) is 2.97. The van der Waals surface area contributed by atoms with E-state index in [1.54, 1.807) is 25.1 Å². The van der Waals surface area contributed by atoms with E-state index in [0.717, 1.165) is 8.47 Å². The van der Waals surface area contributed by atoms with Crippen molar-refractivity contribution in [2.24, 2.45) is 0 Å². The topological polar surface area (TPSA) is 96.9 Å². The quantitative estimate of drug-likeness (QED) is 0.359. The molecule has 3 aromatic rings. The van der Waals surface area contributed by atoms with Gasteiger partial charge in [-0.25, -0.2) is 13.3 Å². The van der Waals surface area contributed by atoms with Gasteiger partial charge in [0.05, 0.1) is 46.1 Å². The highest BCUT2D eigenvalue weighted by Gasteiger charge is 2.40. The summed E-state index contributed by atoms with van der Waals surface area (Å²) in [6, 6.07) is 11.6. The number of sulfonamides is 1. The van der Waals surface area contributed by atoms with Crippen molar-refractivity contribution in [1.82, 2.24) is 9.29 Å². The van der Waals surface area contributed by atoms with Crippen LogP contribution in [0.1, 0.15) is 26.4 Å². The summed E-state index contributed by atoms with van der Waals surface area (Å²) in [7, 11) is -3.77. The molecule has 1 aromatic heterocycles. The van der Waals surface area contributed by atoms with Crippen LogP contribution in [-0.2, 0) is 14.8 Å². The van der Waals surface area contributed by atoms with Gasteiger partial charge in [0.1, 0.15) is 0 Å². The summed E-state index contributed by atoms with van der Waals surface area (Å²) < 4.78 is 33.9. The van der Waals surface area contributed by atoms with E-state index in [1.165, 1.54) is 16.4 Å². The van der Waals surface area contributed by atoms with E-state index in [9.17, 15) is 18.0 Å². The molecular formula is C22H18IN3O5S. The number of hydrogen-bond acceptors (Lipinski definition) is 6. The van der Waals surface area contributed by atoms with Gasteiger partial charge in [-0.05, 0) is 72.0 Å². The van der Waals surface area contributed by atoms with Crippen LogP contribution in [-0.4, -0.2) is 55.8 Å². The molecule has 32 heavy (non-hydrogen) atoms. The normalized spacial score (nSPS) is 17.2. The van der Waals surface area contributed by atoms with Crippen LogP contribution in [0.5, 0.6) is 0 Å². The Morgan fingerprint density at radius 2 is 1.62 bits per heavy atom. The smallest absolute Gasteiger partial charge is 0.268 e. The molecule has 2 amide bonds. The summed E-state index contributed by atoms with van der Waals surface area (Å²) in [4.78, 5) is 32.3. The van der Waals surface area contributed by atoms with Crippen LogP contribution < -0.4 is 4.90 Å². The number of pyridine rings is 1. The van der Waals surface area contributed by atoms with Crippen LogP contribution in [0.3, 0.4) is 0 Å². The molecule has 2 aliphatic rings. The monoisotopic (exact) mass is 563 g/mol. The minimum atomic E-state index is -3.77. The summed E-state index contributed by atoms with van der Waals surface area (Å²) in [6.07, 6.45) is 0. The number of nitrogens with zero attached hydrogens (tertiary/aromatic N) is 3. The van der Waals surface area contributed by atoms with Gasteiger partial charge >= 0.3 is 0 Å². The second kappa shape index (κ2) is 7.87. The second-order valence-electron chi connectivity index (χ2n) is 7.56. The number of amides is 2. The standard InChI is InChI=1S/C22H18IN3O5S/c1-13-19-20(22(28)26(21(19)27)15-4-2-14(23)3-5-15)17-12-16(6-7-18(17)24-13)32(29,30)25-8-10-31-11-9-25/h2-7,12H,8-11H2,1H3. The van der Waals surface area contributed by atoms with Gasteiger partial charge in [0.15, 0.2) is 0 Å². The number of anilines is 1. The summed E-state index contributed by atoms with van der Waals surface area (Å²) in [5, 5.41) is 0.353. The van der Waals surface area contributed by atoms with Gasteiger partial charge in [-0.2, -0.15) is 4.31 Å². The van der Waals surface area contributed by atoms with Crippen molar-refractivity contribution in [2.75, 3.05) is 31.2 Å². The molecule has 5 rings (SSSR count). The lowest BCUT2D eigenvalue weighted by molar-refractivity contribution is 0.0730. The van der Waals surface area contributed by atoms with Crippen molar-refractivity contribution < 1.29 is 22.7 Å². The Balaban J connectivity index is 1.67. The van der Waals surface area contributed by atoms with E-state index in [0.29, 0.717) is 35.5 Å². The van der Waals surface area contributed by atoms with Crippen molar-refractivity contribution in [3.8, 4) is 0 Å². The third-order valence-corrected chi connectivity index (χ3v) is 8.28. The Kier molecular flexibility index (Phi) is 5.27. The van der Waals surface area contributed by atoms with Crippen molar-refractivity contribution >= 4 is 61.0 Å². The van der Waals surface area contributed by atoms with E-state index in [1.807, 2.05) is 12.1 Å². The first kappa shape index (κ1) is 21.4. The first-order chi connectivity index (χ1) is 15.3. The summed E-state index contributed by atoms with van der Waals surface area (Å²) in [6.45, 7) is 2.88. The number of benzene rings is 2. The van der Waals surface area contributed by atoms with Gasteiger partial charge in [0.25, 0.3) is 11.8 Å². The van der Waals surface area contributed by atoms with Crippen LogP contribution in [0, 0.1) is 10.5 Å². The maximum absolute atomic E-state index is 13.4. The number of ether oxygens (including phenoxy) is 1. The number of aromatic nitrogens is 1. The highest BCUT2D eigenvalue weighted by Crippen LogP contribution is 2.35. The summed E-state index contributed by atoms with van der Waals surface area (Å²) >= 11 is 2.15. The number of rotatable bonds is 3. The highest BCUT2D eigenvalue weighted by molar-refractivity contribution is 14.1. The van der Waals surface area contributed by atoms with E-state index < -0.39 is 21.8 Å². The molecule has 0 unspecified atom stereocenters. The molecular weight excluding hydrogens is 545 g/mol. The van der Waals surface area contributed by atoms with Gasteiger partial charge in [-0.1, -0.05) is 0 Å². The number of carbonyl (C=O) groups excluding carboxylic acids is 2. The molecule has 0 atom stereocenters. The van der Waals surface area contributed by atoms with Crippen molar-refractivity contribution in [3.05, 3.63) is 62.9 Å². The SMILES string of the molecule is Cc1nc2ccc(S(=O)(=O)N3CCOCC3)cc2c2c1C(=O)N(c1ccc(I)cc1)C2=O. The largest absolute Gasteiger partial charge is 0.379 e. The number of carbonyl (C=O) groups is 2. The van der Waals surface area contributed by atoms with Crippen LogP contribution >= 0.6 is 22.6 Å². The average Bonchev–Trinajstić information content (AvgIpc) is 3.06. The van der Waals surface area contributed by atoms with E-state index in [4.69, 9.17) is 4.74 Å². The zero-order chi connectivity index (χ0) is 22.6. The Morgan fingerprint density at radius 3 is 2.31 bits per heavy atom. The molecule has 0 saturated carbocycles. The minimum absolute atomic E-state index is 0.0627. The Hall–Kier alpha value is -2.41. The van der Waals surface area contributed by atoms with Gasteiger partial charge in [-0.15, -0.1) is 0 Å². The zero-order valence-corrected chi connectivity index (χ0v) is 20.0. The predicted molar refractivity (Wildman–Crippen MR) is 126 cm³/mol.